The third kappa shape index (κ3) is 4.92. The van der Waals surface area contributed by atoms with Crippen LogP contribution in [-0.4, -0.2) is 19.7 Å². The molecular weight excluding hydrogens is 296 g/mol. The number of ether oxygens (including phenoxy) is 2. The van der Waals surface area contributed by atoms with Crippen molar-refractivity contribution in [1.82, 2.24) is 0 Å². The SMILES string of the molecule is CCCCOC(=O)/C=C/c1cc(Br)ccc1OC. The predicted molar refractivity (Wildman–Crippen MR) is 75.6 cm³/mol. The molecule has 0 aromatic heterocycles. The van der Waals surface area contributed by atoms with E-state index < -0.39 is 0 Å². The fourth-order valence-electron chi connectivity index (χ4n) is 1.36. The Morgan fingerprint density at radius 1 is 1.44 bits per heavy atom. The molecule has 18 heavy (non-hydrogen) atoms. The Morgan fingerprint density at radius 3 is 2.89 bits per heavy atom. The van der Waals surface area contributed by atoms with Gasteiger partial charge in [-0.1, -0.05) is 29.3 Å². The highest BCUT2D eigenvalue weighted by Crippen LogP contribution is 2.24. The predicted octanol–water partition coefficient (Wildman–Crippen LogP) is 3.81. The molecule has 0 bridgehead atoms. The van der Waals surface area contributed by atoms with Gasteiger partial charge < -0.3 is 9.47 Å². The smallest absolute Gasteiger partial charge is 0.330 e. The van der Waals surface area contributed by atoms with E-state index in [1.165, 1.54) is 6.08 Å². The maximum Gasteiger partial charge on any atom is 0.330 e. The zero-order valence-electron chi connectivity index (χ0n) is 10.6. The van der Waals surface area contributed by atoms with E-state index in [9.17, 15) is 4.79 Å². The lowest BCUT2D eigenvalue weighted by atomic mass is 10.2. The molecule has 1 aromatic rings. The van der Waals surface area contributed by atoms with E-state index in [0.29, 0.717) is 6.61 Å². The fourth-order valence-corrected chi connectivity index (χ4v) is 1.74. The van der Waals surface area contributed by atoms with Crippen LogP contribution in [0.1, 0.15) is 25.3 Å². The standard InChI is InChI=1S/C14H17BrO3/c1-3-4-9-18-14(16)8-5-11-10-12(15)6-7-13(11)17-2/h5-8,10H,3-4,9H2,1-2H3/b8-5+. The second kappa shape index (κ2) is 7.93. The molecule has 0 aliphatic heterocycles. The number of esters is 1. The molecule has 0 aliphatic carbocycles. The van der Waals surface area contributed by atoms with Crippen molar-refractivity contribution >= 4 is 28.0 Å². The maximum atomic E-state index is 11.4. The molecule has 0 saturated heterocycles. The molecule has 3 nitrogen and oxygen atoms in total. The van der Waals surface area contributed by atoms with Gasteiger partial charge in [-0.2, -0.15) is 0 Å². The van der Waals surface area contributed by atoms with E-state index in [1.807, 2.05) is 18.2 Å². The van der Waals surface area contributed by atoms with E-state index in [0.717, 1.165) is 28.6 Å². The summed E-state index contributed by atoms with van der Waals surface area (Å²) in [5, 5.41) is 0. The number of unbranched alkanes of at least 4 members (excludes halogenated alkanes) is 1. The summed E-state index contributed by atoms with van der Waals surface area (Å²) in [6.45, 7) is 2.52. The van der Waals surface area contributed by atoms with Gasteiger partial charge in [-0.25, -0.2) is 4.79 Å². The van der Waals surface area contributed by atoms with Crippen molar-refractivity contribution in [3.05, 3.63) is 34.3 Å². The van der Waals surface area contributed by atoms with Gasteiger partial charge in [-0.3, -0.25) is 0 Å². The minimum absolute atomic E-state index is 0.328. The zero-order chi connectivity index (χ0) is 13.4. The Morgan fingerprint density at radius 2 is 2.22 bits per heavy atom. The Kier molecular flexibility index (Phi) is 6.50. The number of carbonyl (C=O) groups is 1. The van der Waals surface area contributed by atoms with E-state index >= 15 is 0 Å². The van der Waals surface area contributed by atoms with E-state index in [4.69, 9.17) is 9.47 Å². The lowest BCUT2D eigenvalue weighted by Crippen LogP contribution is -2.01. The summed E-state index contributed by atoms with van der Waals surface area (Å²) in [4.78, 5) is 11.4. The van der Waals surface area contributed by atoms with Crippen LogP contribution >= 0.6 is 15.9 Å². The summed E-state index contributed by atoms with van der Waals surface area (Å²) in [5.41, 5.74) is 0.833. The van der Waals surface area contributed by atoms with Gasteiger partial charge >= 0.3 is 5.97 Å². The lowest BCUT2D eigenvalue weighted by Gasteiger charge is -2.05. The van der Waals surface area contributed by atoms with Crippen molar-refractivity contribution in [1.29, 1.82) is 0 Å². The van der Waals surface area contributed by atoms with Gasteiger partial charge in [0.05, 0.1) is 13.7 Å². The monoisotopic (exact) mass is 312 g/mol. The van der Waals surface area contributed by atoms with Crippen LogP contribution in [0.5, 0.6) is 5.75 Å². The Hall–Kier alpha value is -1.29. The molecule has 4 heteroatoms. The molecule has 0 atom stereocenters. The zero-order valence-corrected chi connectivity index (χ0v) is 12.2. The summed E-state index contributed by atoms with van der Waals surface area (Å²) in [5.74, 6) is 0.390. The minimum Gasteiger partial charge on any atom is -0.496 e. The first-order valence-corrected chi connectivity index (χ1v) is 6.65. The average molecular weight is 313 g/mol. The Bertz CT molecular complexity index is 427. The third-order valence-corrected chi connectivity index (χ3v) is 2.83. The summed E-state index contributed by atoms with van der Waals surface area (Å²) in [6, 6.07) is 5.61. The summed E-state index contributed by atoms with van der Waals surface area (Å²) in [7, 11) is 1.60. The number of hydrogen-bond donors (Lipinski definition) is 0. The summed E-state index contributed by atoms with van der Waals surface area (Å²) < 4.78 is 11.2. The van der Waals surface area contributed by atoms with E-state index in [2.05, 4.69) is 22.9 Å². The normalized spacial score (nSPS) is 10.6. The molecule has 0 saturated carbocycles. The molecule has 0 heterocycles. The number of hydrogen-bond acceptors (Lipinski definition) is 3. The highest BCUT2D eigenvalue weighted by Gasteiger charge is 2.02. The van der Waals surface area contributed by atoms with Crippen molar-refractivity contribution in [2.24, 2.45) is 0 Å². The van der Waals surface area contributed by atoms with Crippen molar-refractivity contribution in [2.75, 3.05) is 13.7 Å². The molecule has 1 rings (SSSR count). The first-order chi connectivity index (χ1) is 8.67. The van der Waals surface area contributed by atoms with Crippen molar-refractivity contribution < 1.29 is 14.3 Å². The van der Waals surface area contributed by atoms with Gasteiger partial charge in [0.1, 0.15) is 5.75 Å². The summed E-state index contributed by atoms with van der Waals surface area (Å²) in [6.07, 6.45) is 5.01. The average Bonchev–Trinajstić information content (AvgIpc) is 2.37. The molecular formula is C14H17BrO3. The molecule has 0 aliphatic rings. The molecule has 0 unspecified atom stereocenters. The molecule has 0 fully saturated rings. The van der Waals surface area contributed by atoms with Gasteiger partial charge in [0.2, 0.25) is 0 Å². The first-order valence-electron chi connectivity index (χ1n) is 5.85. The van der Waals surface area contributed by atoms with Gasteiger partial charge in [0.15, 0.2) is 0 Å². The van der Waals surface area contributed by atoms with Crippen LogP contribution in [0.4, 0.5) is 0 Å². The van der Waals surface area contributed by atoms with Crippen LogP contribution in [0.15, 0.2) is 28.7 Å². The van der Waals surface area contributed by atoms with Gasteiger partial charge in [0.25, 0.3) is 0 Å². The summed E-state index contributed by atoms with van der Waals surface area (Å²) >= 11 is 3.38. The van der Waals surface area contributed by atoms with Crippen molar-refractivity contribution in [3.63, 3.8) is 0 Å². The number of rotatable bonds is 6. The Labute approximate surface area is 116 Å². The van der Waals surface area contributed by atoms with Crippen LogP contribution in [0.3, 0.4) is 0 Å². The first kappa shape index (κ1) is 14.8. The van der Waals surface area contributed by atoms with Crippen LogP contribution in [0.2, 0.25) is 0 Å². The van der Waals surface area contributed by atoms with E-state index in [1.54, 1.807) is 13.2 Å². The van der Waals surface area contributed by atoms with Crippen molar-refractivity contribution in [2.45, 2.75) is 19.8 Å². The molecule has 98 valence electrons. The molecule has 0 radical (unpaired) electrons. The van der Waals surface area contributed by atoms with Crippen molar-refractivity contribution in [3.8, 4) is 5.75 Å². The molecule has 0 N–H and O–H groups in total. The van der Waals surface area contributed by atoms with Gasteiger partial charge in [-0.15, -0.1) is 0 Å². The number of carbonyl (C=O) groups excluding carboxylic acids is 1. The number of benzene rings is 1. The minimum atomic E-state index is -0.328. The van der Waals surface area contributed by atoms with Gasteiger partial charge in [-0.05, 0) is 30.7 Å². The highest BCUT2D eigenvalue weighted by molar-refractivity contribution is 9.10. The second-order valence-electron chi connectivity index (χ2n) is 3.74. The number of methoxy groups -OCH3 is 1. The topological polar surface area (TPSA) is 35.5 Å². The van der Waals surface area contributed by atoms with Gasteiger partial charge in [0, 0.05) is 16.1 Å². The Balaban J connectivity index is 2.65. The molecule has 0 spiro atoms. The van der Waals surface area contributed by atoms with Crippen LogP contribution in [-0.2, 0) is 9.53 Å². The van der Waals surface area contributed by atoms with E-state index in [-0.39, 0.29) is 5.97 Å². The largest absolute Gasteiger partial charge is 0.496 e. The second-order valence-corrected chi connectivity index (χ2v) is 4.66. The quantitative estimate of drug-likeness (QED) is 0.455. The fraction of sp³-hybridized carbons (Fsp3) is 0.357. The van der Waals surface area contributed by atoms with Crippen LogP contribution < -0.4 is 4.74 Å². The highest BCUT2D eigenvalue weighted by atomic mass is 79.9. The lowest BCUT2D eigenvalue weighted by molar-refractivity contribution is -0.137. The maximum absolute atomic E-state index is 11.4. The third-order valence-electron chi connectivity index (χ3n) is 2.33. The van der Waals surface area contributed by atoms with Crippen LogP contribution in [0, 0.1) is 0 Å². The number of halogens is 1. The molecule has 1 aromatic carbocycles. The van der Waals surface area contributed by atoms with Crippen LogP contribution in [0.25, 0.3) is 6.08 Å². The molecule has 0 amide bonds.